The van der Waals surface area contributed by atoms with Gasteiger partial charge in [-0.3, -0.25) is 4.79 Å². The molecule has 4 amide bonds. The van der Waals surface area contributed by atoms with Gasteiger partial charge in [0.1, 0.15) is 0 Å². The molecule has 3 aliphatic rings. The van der Waals surface area contributed by atoms with E-state index in [-0.39, 0.29) is 24.5 Å². The van der Waals surface area contributed by atoms with E-state index in [0.29, 0.717) is 24.1 Å². The highest BCUT2D eigenvalue weighted by atomic mass is 16.6. The molecule has 2 aromatic rings. The summed E-state index contributed by atoms with van der Waals surface area (Å²) in [4.78, 5) is 42.1. The van der Waals surface area contributed by atoms with Crippen molar-refractivity contribution < 1.29 is 19.1 Å². The molecular formula is C28H32N4O4. The fraction of sp³-hybridized carbons (Fsp3) is 0.393. The van der Waals surface area contributed by atoms with Gasteiger partial charge in [0.25, 0.3) is 5.91 Å². The van der Waals surface area contributed by atoms with Crippen LogP contribution in [0.25, 0.3) is 0 Å². The van der Waals surface area contributed by atoms with Crippen LogP contribution in [0.4, 0.5) is 15.3 Å². The summed E-state index contributed by atoms with van der Waals surface area (Å²) in [5.41, 5.74) is 3.14. The zero-order chi connectivity index (χ0) is 25.3. The average molecular weight is 489 g/mol. The zero-order valence-corrected chi connectivity index (χ0v) is 20.8. The Bertz CT molecular complexity index is 1210. The van der Waals surface area contributed by atoms with Crippen LogP contribution in [0.3, 0.4) is 0 Å². The Morgan fingerprint density at radius 2 is 1.97 bits per heavy atom. The Morgan fingerprint density at radius 3 is 2.72 bits per heavy atom. The minimum absolute atomic E-state index is 0.185. The van der Waals surface area contributed by atoms with Gasteiger partial charge >= 0.3 is 12.1 Å². The number of imide groups is 1. The molecule has 1 aliphatic carbocycles. The molecule has 1 spiro atoms. The molecule has 2 saturated heterocycles. The highest BCUT2D eigenvalue weighted by Crippen LogP contribution is 2.46. The van der Waals surface area contributed by atoms with E-state index in [0.717, 1.165) is 37.1 Å². The van der Waals surface area contributed by atoms with Crippen LogP contribution in [0.1, 0.15) is 55.3 Å². The molecule has 2 N–H and O–H groups in total. The van der Waals surface area contributed by atoms with E-state index in [1.807, 2.05) is 25.1 Å². The van der Waals surface area contributed by atoms with Crippen LogP contribution in [0, 0.1) is 0 Å². The minimum atomic E-state index is -1.29. The van der Waals surface area contributed by atoms with Crippen molar-refractivity contribution in [2.45, 2.75) is 50.7 Å². The first-order chi connectivity index (χ1) is 17.5. The van der Waals surface area contributed by atoms with Gasteiger partial charge in [-0.05, 0) is 55.9 Å². The number of nitrogens with one attached hydrogen (secondary N) is 2. The van der Waals surface area contributed by atoms with Crippen LogP contribution in [0.5, 0.6) is 0 Å². The van der Waals surface area contributed by atoms with Gasteiger partial charge in [-0.2, -0.15) is 0 Å². The number of nitrogens with zero attached hydrogens (tertiary/aromatic N) is 2. The molecule has 8 heteroatoms. The first-order valence-corrected chi connectivity index (χ1v) is 12.6. The third-order valence-electron chi connectivity index (χ3n) is 7.55. The van der Waals surface area contributed by atoms with Gasteiger partial charge in [-0.15, -0.1) is 0 Å². The quantitative estimate of drug-likeness (QED) is 0.637. The number of likely N-dealkylation sites (tertiary alicyclic amines) is 1. The summed E-state index contributed by atoms with van der Waals surface area (Å²) in [5, 5.41) is 5.27. The van der Waals surface area contributed by atoms with Gasteiger partial charge in [0.15, 0.2) is 0 Å². The van der Waals surface area contributed by atoms with Gasteiger partial charge in [0.2, 0.25) is 5.60 Å². The van der Waals surface area contributed by atoms with Crippen molar-refractivity contribution in [3.8, 4) is 0 Å². The molecule has 5 rings (SSSR count). The molecule has 0 unspecified atom stereocenters. The second-order valence-electron chi connectivity index (χ2n) is 9.56. The van der Waals surface area contributed by atoms with E-state index in [9.17, 15) is 14.4 Å². The minimum Gasteiger partial charge on any atom is -0.427 e. The molecule has 2 atom stereocenters. The van der Waals surface area contributed by atoms with Gasteiger partial charge in [-0.25, -0.2) is 14.5 Å². The third kappa shape index (κ3) is 4.10. The number of allylic oxidation sites excluding steroid dienone is 1. The number of fused-ring (bicyclic) bond motifs is 2. The lowest BCUT2D eigenvalue weighted by molar-refractivity contribution is -0.137. The predicted octanol–water partition coefficient (Wildman–Crippen LogP) is 4.69. The molecule has 2 heterocycles. The normalized spacial score (nSPS) is 23.6. The molecule has 2 aromatic carbocycles. The van der Waals surface area contributed by atoms with Gasteiger partial charge in [0, 0.05) is 37.0 Å². The molecule has 188 valence electrons. The topological polar surface area (TPSA) is 91.0 Å². The molecule has 0 bridgehead atoms. The number of carbonyl (C=O) groups is 3. The SMILES string of the molecule is C/C=C(/CN1C(=O)O[C@]2(CCc3cc(NC(=O)NC)ccc32)C1=O)N1CCCC[C@H]1c1ccccc1. The number of hydrogen-bond donors (Lipinski definition) is 2. The summed E-state index contributed by atoms with van der Waals surface area (Å²) in [7, 11) is 1.55. The van der Waals surface area contributed by atoms with Crippen LogP contribution >= 0.6 is 0 Å². The van der Waals surface area contributed by atoms with Crippen molar-refractivity contribution in [3.63, 3.8) is 0 Å². The van der Waals surface area contributed by atoms with Gasteiger partial charge < -0.3 is 20.3 Å². The van der Waals surface area contributed by atoms with Crippen LogP contribution in [-0.2, 0) is 21.6 Å². The summed E-state index contributed by atoms with van der Waals surface area (Å²) in [6.45, 7) is 3.02. The lowest BCUT2D eigenvalue weighted by atomic mass is 9.93. The van der Waals surface area contributed by atoms with Crippen molar-refractivity contribution in [1.82, 2.24) is 15.1 Å². The number of anilines is 1. The van der Waals surface area contributed by atoms with Crippen LogP contribution in [-0.4, -0.2) is 48.0 Å². The second kappa shape index (κ2) is 9.68. The Balaban J connectivity index is 1.37. The summed E-state index contributed by atoms with van der Waals surface area (Å²) >= 11 is 0. The Hall–Kier alpha value is -3.81. The lowest BCUT2D eigenvalue weighted by Gasteiger charge is -2.40. The van der Waals surface area contributed by atoms with Crippen LogP contribution in [0.2, 0.25) is 0 Å². The summed E-state index contributed by atoms with van der Waals surface area (Å²) < 4.78 is 5.84. The monoisotopic (exact) mass is 488 g/mol. The average Bonchev–Trinajstić information content (AvgIpc) is 3.39. The standard InChI is InChI=1S/C28H32N4O4/c1-3-22(31-16-8-7-11-24(31)19-9-5-4-6-10-19)18-32-25(33)28(36-27(32)35)15-14-20-17-21(12-13-23(20)28)30-26(34)29-2/h3-6,9-10,12-13,17,24H,7-8,11,14-16,18H2,1-2H3,(H2,29,30,34)/b22-3-/t24-,28-/m0/s1. The van der Waals surface area contributed by atoms with Crippen LogP contribution < -0.4 is 10.6 Å². The molecule has 36 heavy (non-hydrogen) atoms. The Kier molecular flexibility index (Phi) is 6.43. The molecule has 0 aromatic heterocycles. The molecule has 2 aliphatic heterocycles. The van der Waals surface area contributed by atoms with E-state index in [1.54, 1.807) is 19.2 Å². The van der Waals surface area contributed by atoms with Crippen LogP contribution in [0.15, 0.2) is 60.3 Å². The fourth-order valence-corrected chi connectivity index (χ4v) is 5.73. The fourth-order valence-electron chi connectivity index (χ4n) is 5.73. The predicted molar refractivity (Wildman–Crippen MR) is 136 cm³/mol. The number of amides is 4. The summed E-state index contributed by atoms with van der Waals surface area (Å²) in [5.74, 6) is -0.314. The number of carbonyl (C=O) groups excluding carboxylic acids is 3. The molecule has 2 fully saturated rings. The number of benzene rings is 2. The second-order valence-corrected chi connectivity index (χ2v) is 9.56. The maximum Gasteiger partial charge on any atom is 0.418 e. The number of rotatable bonds is 5. The van der Waals surface area contributed by atoms with E-state index >= 15 is 0 Å². The van der Waals surface area contributed by atoms with E-state index in [2.05, 4.69) is 39.8 Å². The highest BCUT2D eigenvalue weighted by molar-refractivity contribution is 6.04. The maximum absolute atomic E-state index is 13.8. The number of ether oxygens (including phenoxy) is 1. The Labute approximate surface area is 211 Å². The largest absolute Gasteiger partial charge is 0.427 e. The Morgan fingerprint density at radius 1 is 1.17 bits per heavy atom. The number of hydrogen-bond acceptors (Lipinski definition) is 5. The number of aryl methyl sites for hydroxylation is 1. The first-order valence-electron chi connectivity index (χ1n) is 12.6. The van der Waals surface area contributed by atoms with Crippen molar-refractivity contribution in [1.29, 1.82) is 0 Å². The third-order valence-corrected chi connectivity index (χ3v) is 7.55. The molecule has 8 nitrogen and oxygen atoms in total. The lowest BCUT2D eigenvalue weighted by Crippen LogP contribution is -2.42. The van der Waals surface area contributed by atoms with Gasteiger partial charge in [0.05, 0.1) is 12.6 Å². The van der Waals surface area contributed by atoms with E-state index in [1.165, 1.54) is 10.5 Å². The van der Waals surface area contributed by atoms with E-state index < -0.39 is 11.7 Å². The maximum atomic E-state index is 13.8. The van der Waals surface area contributed by atoms with Crippen molar-refractivity contribution in [2.24, 2.45) is 0 Å². The summed E-state index contributed by atoms with van der Waals surface area (Å²) in [6.07, 6.45) is 5.64. The number of piperidine rings is 1. The highest BCUT2D eigenvalue weighted by Gasteiger charge is 2.58. The van der Waals surface area contributed by atoms with Gasteiger partial charge in [-0.1, -0.05) is 42.5 Å². The van der Waals surface area contributed by atoms with E-state index in [4.69, 9.17) is 4.74 Å². The molecule has 0 saturated carbocycles. The summed E-state index contributed by atoms with van der Waals surface area (Å²) in [6, 6.07) is 15.7. The number of urea groups is 1. The zero-order valence-electron chi connectivity index (χ0n) is 20.8. The van der Waals surface area contributed by atoms with Crippen molar-refractivity contribution in [3.05, 3.63) is 77.0 Å². The van der Waals surface area contributed by atoms with Crippen molar-refractivity contribution in [2.75, 3.05) is 25.5 Å². The smallest absolute Gasteiger partial charge is 0.418 e. The van der Waals surface area contributed by atoms with Crippen molar-refractivity contribution >= 4 is 23.7 Å². The first kappa shape index (κ1) is 23.9. The molecular weight excluding hydrogens is 456 g/mol. The molecule has 0 radical (unpaired) electrons.